The minimum atomic E-state index is 0.553. The molecule has 3 aliphatic carbocycles. The zero-order valence-corrected chi connectivity index (χ0v) is 11.0. The van der Waals surface area contributed by atoms with E-state index in [-0.39, 0.29) is 0 Å². The first kappa shape index (κ1) is 11.9. The number of hydrogen-bond donors (Lipinski definition) is 0. The summed E-state index contributed by atoms with van der Waals surface area (Å²) < 4.78 is 0. The standard InChI is InChI=1S/C15H24O/c1-5-11(9-16)6-12-7-13-8-14(10(12)2)15(13,3)4/h6,9-10,12-14H,5,7-8H2,1-4H3/t10-,12+,13+,14+/m1/s1. The van der Waals surface area contributed by atoms with Gasteiger partial charge in [0.2, 0.25) is 0 Å². The highest BCUT2D eigenvalue weighted by Crippen LogP contribution is 2.63. The van der Waals surface area contributed by atoms with E-state index in [9.17, 15) is 4.79 Å². The fourth-order valence-corrected chi connectivity index (χ4v) is 3.93. The van der Waals surface area contributed by atoms with Gasteiger partial charge in [0.1, 0.15) is 6.29 Å². The number of aldehydes is 1. The van der Waals surface area contributed by atoms with E-state index in [0.29, 0.717) is 11.3 Å². The van der Waals surface area contributed by atoms with Crippen LogP contribution >= 0.6 is 0 Å². The monoisotopic (exact) mass is 220 g/mol. The van der Waals surface area contributed by atoms with E-state index in [1.54, 1.807) is 0 Å². The van der Waals surface area contributed by atoms with Gasteiger partial charge >= 0.3 is 0 Å². The molecular formula is C15H24O. The molecule has 1 heteroatoms. The van der Waals surface area contributed by atoms with E-state index in [1.165, 1.54) is 12.8 Å². The number of allylic oxidation sites excluding steroid dienone is 2. The predicted molar refractivity (Wildman–Crippen MR) is 67.1 cm³/mol. The highest BCUT2D eigenvalue weighted by Gasteiger charge is 2.55. The van der Waals surface area contributed by atoms with E-state index < -0.39 is 0 Å². The molecule has 0 heterocycles. The maximum Gasteiger partial charge on any atom is 0.145 e. The average Bonchev–Trinajstić information content (AvgIpc) is 2.26. The number of rotatable bonds is 3. The molecule has 0 radical (unpaired) electrons. The third-order valence-electron chi connectivity index (χ3n) is 5.40. The van der Waals surface area contributed by atoms with Gasteiger partial charge in [-0.3, -0.25) is 4.79 Å². The summed E-state index contributed by atoms with van der Waals surface area (Å²) in [4.78, 5) is 10.9. The molecule has 1 nitrogen and oxygen atoms in total. The Kier molecular flexibility index (Phi) is 2.98. The van der Waals surface area contributed by atoms with Crippen LogP contribution in [0, 0.1) is 29.1 Å². The molecule has 3 saturated carbocycles. The molecule has 0 aromatic heterocycles. The number of hydrogen-bond acceptors (Lipinski definition) is 1. The second kappa shape index (κ2) is 4.01. The van der Waals surface area contributed by atoms with Gasteiger partial charge in [0.05, 0.1) is 0 Å². The molecule has 90 valence electrons. The van der Waals surface area contributed by atoms with E-state index >= 15 is 0 Å². The van der Waals surface area contributed by atoms with Gasteiger partial charge in [-0.15, -0.1) is 0 Å². The summed E-state index contributed by atoms with van der Waals surface area (Å²) in [7, 11) is 0. The number of carbonyl (C=O) groups is 1. The van der Waals surface area contributed by atoms with Crippen molar-refractivity contribution in [2.45, 2.75) is 47.0 Å². The van der Waals surface area contributed by atoms with Gasteiger partial charge < -0.3 is 0 Å². The maximum absolute atomic E-state index is 10.9. The summed E-state index contributed by atoms with van der Waals surface area (Å²) in [6.45, 7) is 9.28. The molecule has 0 aliphatic heterocycles. The van der Waals surface area contributed by atoms with Crippen LogP contribution in [0.15, 0.2) is 11.6 Å². The Bertz CT molecular complexity index is 313. The molecule has 0 aromatic carbocycles. The normalized spacial score (nSPS) is 41.4. The Hall–Kier alpha value is -0.590. The summed E-state index contributed by atoms with van der Waals surface area (Å²) in [5.74, 6) is 3.16. The highest BCUT2D eigenvalue weighted by atomic mass is 16.1. The van der Waals surface area contributed by atoms with Gasteiger partial charge in [0, 0.05) is 0 Å². The Labute approximate surface area is 99.3 Å². The Morgan fingerprint density at radius 3 is 2.50 bits per heavy atom. The van der Waals surface area contributed by atoms with Crippen molar-refractivity contribution in [1.29, 1.82) is 0 Å². The van der Waals surface area contributed by atoms with Gasteiger partial charge in [-0.05, 0) is 53.9 Å². The third-order valence-corrected chi connectivity index (χ3v) is 5.40. The first-order valence-corrected chi connectivity index (χ1v) is 6.66. The van der Waals surface area contributed by atoms with Crippen LogP contribution in [0.4, 0.5) is 0 Å². The van der Waals surface area contributed by atoms with Gasteiger partial charge in [0.15, 0.2) is 0 Å². The maximum atomic E-state index is 10.9. The second-order valence-corrected chi connectivity index (χ2v) is 6.33. The van der Waals surface area contributed by atoms with Crippen molar-refractivity contribution in [1.82, 2.24) is 0 Å². The van der Waals surface area contributed by atoms with Gasteiger partial charge in [0.25, 0.3) is 0 Å². The molecule has 0 saturated heterocycles. The van der Waals surface area contributed by atoms with Crippen molar-refractivity contribution in [2.24, 2.45) is 29.1 Å². The lowest BCUT2D eigenvalue weighted by atomic mass is 9.43. The average molecular weight is 220 g/mol. The van der Waals surface area contributed by atoms with E-state index in [4.69, 9.17) is 0 Å². The van der Waals surface area contributed by atoms with E-state index in [1.807, 2.05) is 0 Å². The van der Waals surface area contributed by atoms with Crippen LogP contribution in [0.1, 0.15) is 47.0 Å². The van der Waals surface area contributed by atoms with E-state index in [0.717, 1.165) is 36.0 Å². The van der Waals surface area contributed by atoms with Gasteiger partial charge in [-0.1, -0.05) is 33.8 Å². The molecule has 3 aliphatic rings. The minimum Gasteiger partial charge on any atom is -0.298 e. The van der Waals surface area contributed by atoms with Crippen molar-refractivity contribution in [2.75, 3.05) is 0 Å². The smallest absolute Gasteiger partial charge is 0.145 e. The van der Waals surface area contributed by atoms with Crippen LogP contribution in [0.5, 0.6) is 0 Å². The van der Waals surface area contributed by atoms with Crippen molar-refractivity contribution in [3.8, 4) is 0 Å². The fourth-order valence-electron chi connectivity index (χ4n) is 3.93. The van der Waals surface area contributed by atoms with Crippen molar-refractivity contribution < 1.29 is 4.79 Å². The largest absolute Gasteiger partial charge is 0.298 e. The summed E-state index contributed by atoms with van der Waals surface area (Å²) in [6, 6.07) is 0. The first-order valence-electron chi connectivity index (χ1n) is 6.66. The lowest BCUT2D eigenvalue weighted by Gasteiger charge is -2.62. The fraction of sp³-hybridized carbons (Fsp3) is 0.800. The van der Waals surface area contributed by atoms with Crippen LogP contribution < -0.4 is 0 Å². The van der Waals surface area contributed by atoms with Crippen molar-refractivity contribution >= 4 is 6.29 Å². The highest BCUT2D eigenvalue weighted by molar-refractivity contribution is 5.72. The molecule has 0 unspecified atom stereocenters. The molecule has 0 amide bonds. The SMILES string of the molecule is CCC(C=O)=C[C@H]1C[C@H]2C[C@@H]([C@@H]1C)C2(C)C. The Balaban J connectivity index is 2.11. The van der Waals surface area contributed by atoms with Gasteiger partial charge in [-0.2, -0.15) is 0 Å². The molecule has 0 aromatic rings. The van der Waals surface area contributed by atoms with Crippen LogP contribution in [0.2, 0.25) is 0 Å². The molecule has 3 rings (SSSR count). The molecule has 2 bridgehead atoms. The second-order valence-electron chi connectivity index (χ2n) is 6.33. The van der Waals surface area contributed by atoms with Gasteiger partial charge in [-0.25, -0.2) is 0 Å². The predicted octanol–water partition coefficient (Wildman–Crippen LogP) is 3.84. The zero-order valence-electron chi connectivity index (χ0n) is 11.0. The van der Waals surface area contributed by atoms with Crippen LogP contribution in [-0.2, 0) is 4.79 Å². The molecule has 4 atom stereocenters. The summed E-state index contributed by atoms with van der Waals surface area (Å²) in [6.07, 6.45) is 6.89. The zero-order chi connectivity index (χ0) is 11.9. The summed E-state index contributed by atoms with van der Waals surface area (Å²) in [5.41, 5.74) is 1.55. The number of carbonyl (C=O) groups excluding carboxylic acids is 1. The minimum absolute atomic E-state index is 0.553. The molecule has 0 spiro atoms. The van der Waals surface area contributed by atoms with Crippen molar-refractivity contribution in [3.05, 3.63) is 11.6 Å². The molecule has 0 N–H and O–H groups in total. The van der Waals surface area contributed by atoms with Crippen LogP contribution in [0.25, 0.3) is 0 Å². The number of fused-ring (bicyclic) bond motifs is 2. The van der Waals surface area contributed by atoms with E-state index in [2.05, 4.69) is 33.8 Å². The molecule has 16 heavy (non-hydrogen) atoms. The van der Waals surface area contributed by atoms with Crippen LogP contribution in [0.3, 0.4) is 0 Å². The van der Waals surface area contributed by atoms with Crippen LogP contribution in [-0.4, -0.2) is 6.29 Å². The topological polar surface area (TPSA) is 17.1 Å². The van der Waals surface area contributed by atoms with Crippen molar-refractivity contribution in [3.63, 3.8) is 0 Å². The molecular weight excluding hydrogens is 196 g/mol. The first-order chi connectivity index (χ1) is 7.50. The summed E-state index contributed by atoms with van der Waals surface area (Å²) in [5, 5.41) is 0. The Morgan fingerprint density at radius 2 is 2.06 bits per heavy atom. The Morgan fingerprint density at radius 1 is 1.38 bits per heavy atom. The lowest BCUT2D eigenvalue weighted by Crippen LogP contribution is -2.54. The quantitative estimate of drug-likeness (QED) is 0.521. The lowest BCUT2D eigenvalue weighted by molar-refractivity contribution is -0.118. The molecule has 3 fully saturated rings. The third kappa shape index (κ3) is 1.65. The summed E-state index contributed by atoms with van der Waals surface area (Å²) >= 11 is 0.